The third-order valence-electron chi connectivity index (χ3n) is 8.32. The molecule has 5 aliphatic rings. The fourth-order valence-electron chi connectivity index (χ4n) is 6.42. The minimum absolute atomic E-state index is 0.124. The van der Waals surface area contributed by atoms with Gasteiger partial charge in [0.1, 0.15) is 11.8 Å². The molecular weight excluding hydrogens is 414 g/mol. The molecule has 1 aliphatic heterocycles. The third-order valence-corrected chi connectivity index (χ3v) is 8.32. The standard InChI is InChI=1S/C28H27NO4/c1-15-7-6-10-23(16(15)2)33-28(32)22(13-17-8-4-3-5-9-17)29-26(30)24-18-11-12-19(21-14-20(18)21)25(24)27(29)31/h3-12,18-22,24-25H,13-14H2,1-2H3/t18-,19-,20-,21-,22+,24+,25+/m1/s1. The number of hydrogen-bond acceptors (Lipinski definition) is 4. The van der Waals surface area contributed by atoms with E-state index in [1.54, 1.807) is 6.07 Å². The van der Waals surface area contributed by atoms with Gasteiger partial charge in [-0.25, -0.2) is 4.79 Å². The van der Waals surface area contributed by atoms with Crippen molar-refractivity contribution in [3.63, 3.8) is 0 Å². The van der Waals surface area contributed by atoms with E-state index in [0.29, 0.717) is 17.6 Å². The highest BCUT2D eigenvalue weighted by atomic mass is 16.5. The van der Waals surface area contributed by atoms with Crippen LogP contribution >= 0.6 is 0 Å². The molecule has 4 aliphatic carbocycles. The van der Waals surface area contributed by atoms with Gasteiger partial charge in [-0.3, -0.25) is 14.5 Å². The van der Waals surface area contributed by atoms with Gasteiger partial charge in [-0.1, -0.05) is 54.6 Å². The molecule has 5 nitrogen and oxygen atoms in total. The number of imide groups is 1. The number of allylic oxidation sites excluding steroid dienone is 2. The third kappa shape index (κ3) is 3.09. The molecule has 3 fully saturated rings. The minimum Gasteiger partial charge on any atom is -0.425 e. The lowest BCUT2D eigenvalue weighted by atomic mass is 9.63. The van der Waals surface area contributed by atoms with Crippen LogP contribution in [-0.2, 0) is 20.8 Å². The summed E-state index contributed by atoms with van der Waals surface area (Å²) in [5.41, 5.74) is 2.78. The van der Waals surface area contributed by atoms with Gasteiger partial charge >= 0.3 is 5.97 Å². The summed E-state index contributed by atoms with van der Waals surface area (Å²) >= 11 is 0. The maximum Gasteiger partial charge on any atom is 0.335 e. The van der Waals surface area contributed by atoms with Crippen molar-refractivity contribution in [1.82, 2.24) is 4.90 Å². The van der Waals surface area contributed by atoms with Crippen molar-refractivity contribution in [3.8, 4) is 5.75 Å². The second kappa shape index (κ2) is 7.41. The molecule has 0 radical (unpaired) electrons. The van der Waals surface area contributed by atoms with Crippen LogP contribution in [0.15, 0.2) is 60.7 Å². The van der Waals surface area contributed by atoms with Crippen molar-refractivity contribution in [3.05, 3.63) is 77.4 Å². The molecule has 2 saturated carbocycles. The molecule has 33 heavy (non-hydrogen) atoms. The number of carbonyl (C=O) groups excluding carboxylic acids is 3. The fraction of sp³-hybridized carbons (Fsp3) is 0.393. The quantitative estimate of drug-likeness (QED) is 0.306. The van der Waals surface area contributed by atoms with E-state index in [1.807, 2.05) is 56.3 Å². The maximum absolute atomic E-state index is 13.7. The largest absolute Gasteiger partial charge is 0.425 e. The number of hydrogen-bond donors (Lipinski definition) is 0. The van der Waals surface area contributed by atoms with Crippen molar-refractivity contribution in [2.75, 3.05) is 0 Å². The summed E-state index contributed by atoms with van der Waals surface area (Å²) in [6.07, 6.45) is 5.65. The van der Waals surface area contributed by atoms with Crippen LogP contribution in [0.2, 0.25) is 0 Å². The van der Waals surface area contributed by atoms with E-state index in [0.717, 1.165) is 23.1 Å². The van der Waals surface area contributed by atoms with E-state index in [4.69, 9.17) is 4.74 Å². The Bertz CT molecular complexity index is 1150. The van der Waals surface area contributed by atoms with E-state index < -0.39 is 12.0 Å². The molecule has 0 unspecified atom stereocenters. The van der Waals surface area contributed by atoms with Gasteiger partial charge in [0.05, 0.1) is 11.8 Å². The van der Waals surface area contributed by atoms with Gasteiger partial charge in [-0.2, -0.15) is 0 Å². The smallest absolute Gasteiger partial charge is 0.335 e. The molecule has 7 atom stereocenters. The molecular formula is C28H27NO4. The van der Waals surface area contributed by atoms with Crippen molar-refractivity contribution >= 4 is 17.8 Å². The first-order valence-corrected chi connectivity index (χ1v) is 11.8. The number of carbonyl (C=O) groups is 3. The van der Waals surface area contributed by atoms with Gasteiger partial charge in [0, 0.05) is 6.42 Å². The topological polar surface area (TPSA) is 63.7 Å². The predicted molar refractivity (Wildman–Crippen MR) is 122 cm³/mol. The molecule has 2 aromatic carbocycles. The molecule has 1 saturated heterocycles. The summed E-state index contributed by atoms with van der Waals surface area (Å²) < 4.78 is 5.82. The van der Waals surface area contributed by atoms with Crippen molar-refractivity contribution in [2.45, 2.75) is 32.7 Å². The average molecular weight is 442 g/mol. The summed E-state index contributed by atoms with van der Waals surface area (Å²) in [4.78, 5) is 42.1. The van der Waals surface area contributed by atoms with Crippen molar-refractivity contribution in [1.29, 1.82) is 0 Å². The maximum atomic E-state index is 13.7. The number of amides is 2. The molecule has 0 N–H and O–H groups in total. The van der Waals surface area contributed by atoms with Crippen LogP contribution in [0.5, 0.6) is 5.75 Å². The van der Waals surface area contributed by atoms with Crippen LogP contribution in [0, 0.1) is 49.4 Å². The van der Waals surface area contributed by atoms with Crippen molar-refractivity contribution in [2.24, 2.45) is 35.5 Å². The Balaban J connectivity index is 1.34. The monoisotopic (exact) mass is 441 g/mol. The first kappa shape index (κ1) is 20.4. The van der Waals surface area contributed by atoms with Gasteiger partial charge in [-0.15, -0.1) is 0 Å². The molecule has 1 heterocycles. The van der Waals surface area contributed by atoms with Crippen LogP contribution in [-0.4, -0.2) is 28.7 Å². The van der Waals surface area contributed by atoms with Gasteiger partial charge in [0.25, 0.3) is 0 Å². The molecule has 168 valence electrons. The van der Waals surface area contributed by atoms with E-state index in [2.05, 4.69) is 12.2 Å². The normalized spacial score (nSPS) is 31.9. The highest BCUT2D eigenvalue weighted by Crippen LogP contribution is 2.65. The molecule has 5 heteroatoms. The highest BCUT2D eigenvalue weighted by molar-refractivity contribution is 6.09. The number of esters is 1. The lowest BCUT2D eigenvalue weighted by molar-refractivity contribution is -0.153. The Kier molecular flexibility index (Phi) is 4.58. The van der Waals surface area contributed by atoms with Crippen LogP contribution in [0.1, 0.15) is 23.1 Å². The Morgan fingerprint density at radius 3 is 2.21 bits per heavy atom. The Morgan fingerprint density at radius 2 is 1.58 bits per heavy atom. The van der Waals surface area contributed by atoms with Crippen molar-refractivity contribution < 1.29 is 19.1 Å². The second-order valence-corrected chi connectivity index (χ2v) is 10.0. The van der Waals surface area contributed by atoms with Crippen LogP contribution < -0.4 is 4.74 Å². The molecule has 7 rings (SSSR count). The lowest BCUT2D eigenvalue weighted by Crippen LogP contribution is -2.48. The molecule has 2 bridgehead atoms. The zero-order valence-electron chi connectivity index (χ0n) is 18.8. The van der Waals surface area contributed by atoms with Crippen LogP contribution in [0.3, 0.4) is 0 Å². The van der Waals surface area contributed by atoms with E-state index in [1.165, 1.54) is 4.90 Å². The summed E-state index contributed by atoms with van der Waals surface area (Å²) in [7, 11) is 0. The first-order chi connectivity index (χ1) is 16.0. The predicted octanol–water partition coefficient (Wildman–Crippen LogP) is 3.87. The summed E-state index contributed by atoms with van der Waals surface area (Å²) in [5.74, 6) is 0.140. The van der Waals surface area contributed by atoms with E-state index in [-0.39, 0.29) is 41.9 Å². The Labute approximate surface area is 193 Å². The zero-order valence-corrected chi connectivity index (χ0v) is 18.8. The average Bonchev–Trinajstić information content (AvgIpc) is 3.60. The first-order valence-electron chi connectivity index (χ1n) is 11.8. The number of likely N-dealkylation sites (tertiary alicyclic amines) is 1. The van der Waals surface area contributed by atoms with Crippen LogP contribution in [0.4, 0.5) is 0 Å². The number of ether oxygens (including phenoxy) is 1. The summed E-state index contributed by atoms with van der Waals surface area (Å²) in [5, 5.41) is 0. The second-order valence-electron chi connectivity index (χ2n) is 10.0. The van der Waals surface area contributed by atoms with E-state index >= 15 is 0 Å². The number of nitrogens with zero attached hydrogens (tertiary/aromatic N) is 1. The molecule has 0 spiro atoms. The van der Waals surface area contributed by atoms with Crippen LogP contribution in [0.25, 0.3) is 0 Å². The number of aryl methyl sites for hydroxylation is 1. The fourth-order valence-corrected chi connectivity index (χ4v) is 6.42. The van der Waals surface area contributed by atoms with Gasteiger partial charge in [0.15, 0.2) is 0 Å². The summed E-state index contributed by atoms with van der Waals surface area (Å²) in [6.45, 7) is 3.86. The number of rotatable bonds is 5. The SMILES string of the molecule is Cc1cccc(OC(=O)[C@H](Cc2ccccc2)N2C(=O)[C@H]3[C@@H]4C=C[C@H]([C@H]5C[C@H]45)[C@@H]3C2=O)c1C. The summed E-state index contributed by atoms with van der Waals surface area (Å²) in [6, 6.07) is 14.1. The van der Waals surface area contributed by atoms with Gasteiger partial charge in [0.2, 0.25) is 11.8 Å². The van der Waals surface area contributed by atoms with Gasteiger partial charge in [-0.05, 0) is 66.7 Å². The molecule has 2 aromatic rings. The minimum atomic E-state index is -0.978. The highest BCUT2D eigenvalue weighted by Gasteiger charge is 2.68. The Morgan fingerprint density at radius 1 is 0.939 bits per heavy atom. The zero-order chi connectivity index (χ0) is 22.9. The molecule has 2 amide bonds. The van der Waals surface area contributed by atoms with E-state index in [9.17, 15) is 14.4 Å². The molecule has 0 aromatic heterocycles. The Hall–Kier alpha value is -3.21. The van der Waals surface area contributed by atoms with Gasteiger partial charge < -0.3 is 4.74 Å². The number of benzene rings is 2. The lowest BCUT2D eigenvalue weighted by Gasteiger charge is -2.37.